The van der Waals surface area contributed by atoms with Crippen LogP contribution in [0.25, 0.3) is 0 Å². The highest BCUT2D eigenvalue weighted by atomic mass is 16.1. The monoisotopic (exact) mass is 310 g/mol. The number of hydrogen-bond donors (Lipinski definition) is 2. The molecular weight excluding hydrogens is 284 g/mol. The maximum Gasteiger partial charge on any atom is 0.224 e. The highest BCUT2D eigenvalue weighted by Crippen LogP contribution is 2.17. The molecule has 0 aliphatic carbocycles. The number of benzene rings is 2. The average Bonchev–Trinajstić information content (AvgIpc) is 2.55. The Morgan fingerprint density at radius 2 is 1.57 bits per heavy atom. The van der Waals surface area contributed by atoms with Gasteiger partial charge in [-0.05, 0) is 29.5 Å². The first-order valence-electron chi connectivity index (χ1n) is 8.13. The lowest BCUT2D eigenvalue weighted by Gasteiger charge is -2.14. The van der Waals surface area contributed by atoms with Crippen LogP contribution in [0.5, 0.6) is 0 Å². The maximum atomic E-state index is 12.0. The van der Waals surface area contributed by atoms with E-state index < -0.39 is 0 Å². The smallest absolute Gasteiger partial charge is 0.224 e. The van der Waals surface area contributed by atoms with E-state index >= 15 is 0 Å². The minimum Gasteiger partial charge on any atom is -0.354 e. The third-order valence-corrected chi connectivity index (χ3v) is 4.04. The number of carbonyl (C=O) groups excluding carboxylic acids is 1. The Morgan fingerprint density at radius 1 is 1.00 bits per heavy atom. The van der Waals surface area contributed by atoms with Crippen LogP contribution in [0.1, 0.15) is 48.1 Å². The van der Waals surface area contributed by atoms with E-state index in [4.69, 9.17) is 5.73 Å². The van der Waals surface area contributed by atoms with E-state index in [-0.39, 0.29) is 11.9 Å². The Labute approximate surface area is 138 Å². The largest absolute Gasteiger partial charge is 0.354 e. The minimum absolute atomic E-state index is 0.00287. The summed E-state index contributed by atoms with van der Waals surface area (Å²) in [5.74, 6) is 0.512. The molecule has 3 heteroatoms. The van der Waals surface area contributed by atoms with Gasteiger partial charge in [-0.3, -0.25) is 4.79 Å². The molecule has 3 nitrogen and oxygen atoms in total. The summed E-state index contributed by atoms with van der Waals surface area (Å²) < 4.78 is 0. The first-order valence-corrected chi connectivity index (χ1v) is 8.13. The van der Waals surface area contributed by atoms with Gasteiger partial charge in [-0.25, -0.2) is 0 Å². The molecule has 1 unspecified atom stereocenters. The van der Waals surface area contributed by atoms with E-state index in [2.05, 4.69) is 31.3 Å². The molecular formula is C20H26N2O. The summed E-state index contributed by atoms with van der Waals surface area (Å²) in [6, 6.07) is 16.1. The predicted molar refractivity (Wildman–Crippen MR) is 95.4 cm³/mol. The van der Waals surface area contributed by atoms with Crippen molar-refractivity contribution in [3.63, 3.8) is 0 Å². The van der Waals surface area contributed by atoms with Crippen molar-refractivity contribution in [3.8, 4) is 0 Å². The standard InChI is InChI=1S/C20H26N2O/c1-14(2)17-8-10-18(11-9-17)19(21)13-22-20(23)12-16-6-4-15(3)5-7-16/h4-11,14,19H,12-13,21H2,1-3H3,(H,22,23). The predicted octanol–water partition coefficient (Wildman–Crippen LogP) is 3.48. The van der Waals surface area contributed by atoms with Crippen LogP contribution in [-0.4, -0.2) is 12.5 Å². The molecule has 0 radical (unpaired) electrons. The van der Waals surface area contributed by atoms with E-state index in [1.165, 1.54) is 11.1 Å². The van der Waals surface area contributed by atoms with Gasteiger partial charge in [0.1, 0.15) is 0 Å². The highest BCUT2D eigenvalue weighted by molar-refractivity contribution is 5.78. The number of nitrogens with one attached hydrogen (secondary N) is 1. The Hall–Kier alpha value is -2.13. The van der Waals surface area contributed by atoms with Crippen molar-refractivity contribution in [1.82, 2.24) is 5.32 Å². The maximum absolute atomic E-state index is 12.0. The number of carbonyl (C=O) groups is 1. The van der Waals surface area contributed by atoms with Crippen molar-refractivity contribution in [2.75, 3.05) is 6.54 Å². The van der Waals surface area contributed by atoms with Gasteiger partial charge in [0.25, 0.3) is 0 Å². The second-order valence-corrected chi connectivity index (χ2v) is 6.39. The average molecular weight is 310 g/mol. The van der Waals surface area contributed by atoms with Gasteiger partial charge in [0, 0.05) is 12.6 Å². The lowest BCUT2D eigenvalue weighted by Crippen LogP contribution is -2.32. The molecule has 1 amide bonds. The van der Waals surface area contributed by atoms with Crippen LogP contribution < -0.4 is 11.1 Å². The van der Waals surface area contributed by atoms with Crippen LogP contribution in [-0.2, 0) is 11.2 Å². The highest BCUT2D eigenvalue weighted by Gasteiger charge is 2.09. The quantitative estimate of drug-likeness (QED) is 0.858. The van der Waals surface area contributed by atoms with Gasteiger partial charge in [0.15, 0.2) is 0 Å². The Kier molecular flexibility index (Phi) is 5.94. The van der Waals surface area contributed by atoms with Gasteiger partial charge in [-0.1, -0.05) is 67.9 Å². The summed E-state index contributed by atoms with van der Waals surface area (Å²) in [7, 11) is 0. The summed E-state index contributed by atoms with van der Waals surface area (Å²) in [6.45, 7) is 6.82. The van der Waals surface area contributed by atoms with Crippen molar-refractivity contribution in [1.29, 1.82) is 0 Å². The Balaban J connectivity index is 1.84. The number of rotatable bonds is 6. The van der Waals surface area contributed by atoms with Gasteiger partial charge in [0.2, 0.25) is 5.91 Å². The Morgan fingerprint density at radius 3 is 2.13 bits per heavy atom. The summed E-state index contributed by atoms with van der Waals surface area (Å²) in [4.78, 5) is 12.0. The van der Waals surface area contributed by atoms with Gasteiger partial charge >= 0.3 is 0 Å². The normalized spacial score (nSPS) is 12.2. The van der Waals surface area contributed by atoms with E-state index in [1.807, 2.05) is 43.3 Å². The molecule has 0 bridgehead atoms. The molecule has 2 aromatic carbocycles. The zero-order valence-electron chi connectivity index (χ0n) is 14.2. The molecule has 122 valence electrons. The summed E-state index contributed by atoms with van der Waals surface area (Å²) in [5, 5.41) is 2.92. The third-order valence-electron chi connectivity index (χ3n) is 4.04. The first-order chi connectivity index (χ1) is 11.0. The number of hydrogen-bond acceptors (Lipinski definition) is 2. The third kappa shape index (κ3) is 5.22. The molecule has 2 aromatic rings. The summed E-state index contributed by atoms with van der Waals surface area (Å²) in [6.07, 6.45) is 0.388. The second kappa shape index (κ2) is 7.93. The molecule has 0 aromatic heterocycles. The molecule has 2 rings (SSSR count). The summed E-state index contributed by atoms with van der Waals surface area (Å²) >= 11 is 0. The van der Waals surface area contributed by atoms with E-state index in [0.717, 1.165) is 11.1 Å². The molecule has 0 saturated carbocycles. The zero-order valence-corrected chi connectivity index (χ0v) is 14.2. The fourth-order valence-corrected chi connectivity index (χ4v) is 2.42. The molecule has 0 heterocycles. The molecule has 0 fully saturated rings. The van der Waals surface area contributed by atoms with Crippen molar-refractivity contribution in [3.05, 3.63) is 70.8 Å². The van der Waals surface area contributed by atoms with Gasteiger partial charge < -0.3 is 11.1 Å². The number of amides is 1. The lowest BCUT2D eigenvalue weighted by atomic mass is 9.99. The molecule has 3 N–H and O–H groups in total. The van der Waals surface area contributed by atoms with Gasteiger partial charge in [-0.15, -0.1) is 0 Å². The molecule has 0 aliphatic rings. The molecule has 23 heavy (non-hydrogen) atoms. The fraction of sp³-hybridized carbons (Fsp3) is 0.350. The molecule has 0 spiro atoms. The van der Waals surface area contributed by atoms with Crippen LogP contribution in [0.4, 0.5) is 0 Å². The molecule has 1 atom stereocenters. The van der Waals surface area contributed by atoms with Crippen LogP contribution in [0.2, 0.25) is 0 Å². The van der Waals surface area contributed by atoms with Crippen LogP contribution in [0, 0.1) is 6.92 Å². The number of nitrogens with two attached hydrogens (primary N) is 1. The summed E-state index contributed by atoms with van der Waals surface area (Å²) in [5.41, 5.74) is 10.7. The van der Waals surface area contributed by atoms with Crippen molar-refractivity contribution in [2.45, 2.75) is 39.2 Å². The SMILES string of the molecule is Cc1ccc(CC(=O)NCC(N)c2ccc(C(C)C)cc2)cc1. The molecule has 0 saturated heterocycles. The van der Waals surface area contributed by atoms with Crippen LogP contribution in [0.15, 0.2) is 48.5 Å². The first kappa shape index (κ1) is 17.2. The van der Waals surface area contributed by atoms with E-state index in [9.17, 15) is 4.79 Å². The number of aryl methyl sites for hydroxylation is 1. The second-order valence-electron chi connectivity index (χ2n) is 6.39. The van der Waals surface area contributed by atoms with E-state index in [0.29, 0.717) is 18.9 Å². The van der Waals surface area contributed by atoms with Crippen molar-refractivity contribution in [2.24, 2.45) is 5.73 Å². The fourth-order valence-electron chi connectivity index (χ4n) is 2.42. The molecule has 0 aliphatic heterocycles. The Bertz CT molecular complexity index is 630. The lowest BCUT2D eigenvalue weighted by molar-refractivity contribution is -0.120. The van der Waals surface area contributed by atoms with Gasteiger partial charge in [-0.2, -0.15) is 0 Å². The van der Waals surface area contributed by atoms with Crippen molar-refractivity contribution >= 4 is 5.91 Å². The topological polar surface area (TPSA) is 55.1 Å². The van der Waals surface area contributed by atoms with E-state index in [1.54, 1.807) is 0 Å². The van der Waals surface area contributed by atoms with Crippen LogP contribution in [0.3, 0.4) is 0 Å². The zero-order chi connectivity index (χ0) is 16.8. The van der Waals surface area contributed by atoms with Gasteiger partial charge in [0.05, 0.1) is 6.42 Å². The minimum atomic E-state index is -0.182. The van der Waals surface area contributed by atoms with Crippen LogP contribution >= 0.6 is 0 Å². The van der Waals surface area contributed by atoms with Crippen molar-refractivity contribution < 1.29 is 4.79 Å².